The molecule has 5 aliphatic rings. The fraction of sp³-hybridized carbons (Fsp3) is 0.567. The Morgan fingerprint density at radius 1 is 1.14 bits per heavy atom. The molecule has 37 heavy (non-hydrogen) atoms. The number of fused-ring (bicyclic) bond motifs is 7. The van der Waals surface area contributed by atoms with Gasteiger partial charge in [0.1, 0.15) is 6.61 Å². The Labute approximate surface area is 217 Å². The van der Waals surface area contributed by atoms with Crippen LogP contribution in [0.2, 0.25) is 0 Å². The summed E-state index contributed by atoms with van der Waals surface area (Å²) >= 11 is 0. The lowest BCUT2D eigenvalue weighted by Gasteiger charge is -2.65. The Balaban J connectivity index is 1.41. The van der Waals surface area contributed by atoms with E-state index in [1.54, 1.807) is 36.4 Å². The molecule has 0 spiro atoms. The highest BCUT2D eigenvalue weighted by molar-refractivity contribution is 6.01. The van der Waals surface area contributed by atoms with E-state index in [2.05, 4.69) is 13.8 Å². The van der Waals surface area contributed by atoms with Crippen molar-refractivity contribution >= 4 is 17.5 Å². The minimum absolute atomic E-state index is 0.0101. The second-order valence-corrected chi connectivity index (χ2v) is 12.4. The third-order valence-electron chi connectivity index (χ3n) is 11.2. The fourth-order valence-corrected chi connectivity index (χ4v) is 9.15. The molecular weight excluding hydrogens is 470 g/mol. The van der Waals surface area contributed by atoms with E-state index in [0.717, 1.165) is 18.4 Å². The first-order valence-corrected chi connectivity index (χ1v) is 13.4. The van der Waals surface area contributed by atoms with Crippen LogP contribution in [0.25, 0.3) is 0 Å². The van der Waals surface area contributed by atoms with Gasteiger partial charge in [0.2, 0.25) is 0 Å². The first-order chi connectivity index (χ1) is 17.5. The standard InChI is InChI=1S/C30H35NO6/c1-27-12-11-21(33)13-19(27)9-10-22-23-14-20-16-31(26(36)18-7-5-4-6-8-18)37-30(20,25(35)17-32)28(23,2)15-24(34)29(22,27)3/h4-8,11-13,20,22-24,32,34H,9-10,14-17H2,1-3H3. The van der Waals surface area contributed by atoms with Gasteiger partial charge < -0.3 is 10.2 Å². The third kappa shape index (κ3) is 2.91. The Morgan fingerprint density at radius 3 is 2.57 bits per heavy atom. The van der Waals surface area contributed by atoms with Crippen molar-refractivity contribution in [3.05, 3.63) is 59.7 Å². The molecule has 7 heteroatoms. The fourth-order valence-electron chi connectivity index (χ4n) is 9.15. The summed E-state index contributed by atoms with van der Waals surface area (Å²) in [5, 5.41) is 23.3. The van der Waals surface area contributed by atoms with E-state index in [1.165, 1.54) is 5.06 Å². The summed E-state index contributed by atoms with van der Waals surface area (Å²) in [5.74, 6) is -0.885. The zero-order valence-corrected chi connectivity index (χ0v) is 21.6. The summed E-state index contributed by atoms with van der Waals surface area (Å²) in [5.41, 5.74) is -1.60. The van der Waals surface area contributed by atoms with Crippen LogP contribution >= 0.6 is 0 Å². The van der Waals surface area contributed by atoms with Crippen LogP contribution in [0.1, 0.15) is 56.8 Å². The van der Waals surface area contributed by atoms with Gasteiger partial charge in [0.05, 0.1) is 12.6 Å². The molecule has 1 amide bonds. The van der Waals surface area contributed by atoms with Crippen LogP contribution in [-0.2, 0) is 14.4 Å². The molecule has 1 saturated heterocycles. The van der Waals surface area contributed by atoms with E-state index in [4.69, 9.17) is 4.84 Å². The highest BCUT2D eigenvalue weighted by Gasteiger charge is 2.77. The van der Waals surface area contributed by atoms with Crippen molar-refractivity contribution < 1.29 is 29.4 Å². The number of rotatable bonds is 3. The van der Waals surface area contributed by atoms with E-state index in [9.17, 15) is 24.6 Å². The van der Waals surface area contributed by atoms with Crippen molar-refractivity contribution in [3.63, 3.8) is 0 Å². The van der Waals surface area contributed by atoms with Crippen LogP contribution in [0.4, 0.5) is 0 Å². The zero-order chi connectivity index (χ0) is 26.4. The SMILES string of the molecule is CC12C=CC(=O)C=C1CCC1C3CC4CN(C(=O)c5ccccc5)OC4(C(=O)CO)C3(C)CC(O)C12C. The van der Waals surface area contributed by atoms with Crippen molar-refractivity contribution in [1.29, 1.82) is 0 Å². The molecule has 4 fully saturated rings. The number of nitrogens with zero attached hydrogens (tertiary/aromatic N) is 1. The zero-order valence-electron chi connectivity index (χ0n) is 21.6. The number of amides is 1. The number of Topliss-reactive ketones (excluding diaryl/α,β-unsaturated/α-hetero) is 1. The lowest BCUT2D eigenvalue weighted by molar-refractivity contribution is -0.248. The molecule has 6 rings (SSSR count). The number of benzene rings is 1. The van der Waals surface area contributed by atoms with Gasteiger partial charge in [-0.15, -0.1) is 0 Å². The van der Waals surface area contributed by atoms with Gasteiger partial charge in [0, 0.05) is 27.7 Å². The van der Waals surface area contributed by atoms with Crippen LogP contribution in [0.5, 0.6) is 0 Å². The second-order valence-electron chi connectivity index (χ2n) is 12.4. The van der Waals surface area contributed by atoms with Gasteiger partial charge in [-0.25, -0.2) is 5.06 Å². The first kappa shape index (κ1) is 24.7. The van der Waals surface area contributed by atoms with Gasteiger partial charge in [0.15, 0.2) is 17.2 Å². The minimum Gasteiger partial charge on any atom is -0.392 e. The third-order valence-corrected chi connectivity index (χ3v) is 11.2. The van der Waals surface area contributed by atoms with Gasteiger partial charge >= 0.3 is 0 Å². The van der Waals surface area contributed by atoms with Crippen LogP contribution in [0.15, 0.2) is 54.1 Å². The topological polar surface area (TPSA) is 104 Å². The maximum absolute atomic E-state index is 13.6. The number of aliphatic hydroxyl groups excluding tert-OH is 2. The van der Waals surface area contributed by atoms with Gasteiger partial charge in [-0.3, -0.25) is 19.2 Å². The Hall–Kier alpha value is -2.61. The van der Waals surface area contributed by atoms with Crippen molar-refractivity contribution in [2.45, 2.75) is 58.2 Å². The lowest BCUT2D eigenvalue weighted by atomic mass is 9.39. The molecule has 0 radical (unpaired) electrons. The molecule has 8 unspecified atom stereocenters. The number of hydrogen-bond acceptors (Lipinski definition) is 6. The number of hydroxylamine groups is 2. The molecule has 1 aromatic carbocycles. The molecule has 1 aliphatic heterocycles. The Kier molecular flexibility index (Phi) is 5.31. The van der Waals surface area contributed by atoms with E-state index < -0.39 is 40.3 Å². The Morgan fingerprint density at radius 2 is 1.86 bits per heavy atom. The molecule has 1 aromatic rings. The van der Waals surface area contributed by atoms with E-state index in [1.807, 2.05) is 19.1 Å². The maximum Gasteiger partial charge on any atom is 0.277 e. The van der Waals surface area contributed by atoms with Crippen LogP contribution in [0, 0.1) is 34.0 Å². The lowest BCUT2D eigenvalue weighted by Crippen LogP contribution is -2.67. The molecule has 8 atom stereocenters. The van der Waals surface area contributed by atoms with Crippen molar-refractivity contribution in [1.82, 2.24) is 5.06 Å². The van der Waals surface area contributed by atoms with Crippen LogP contribution in [-0.4, -0.2) is 57.6 Å². The number of carbonyl (C=O) groups excluding carboxylic acids is 3. The predicted molar refractivity (Wildman–Crippen MR) is 135 cm³/mol. The molecule has 196 valence electrons. The molecular formula is C30H35NO6. The number of ketones is 2. The average molecular weight is 506 g/mol. The van der Waals surface area contributed by atoms with E-state index in [0.29, 0.717) is 18.4 Å². The van der Waals surface area contributed by atoms with E-state index in [-0.39, 0.29) is 36.0 Å². The van der Waals surface area contributed by atoms with Gasteiger partial charge in [0.25, 0.3) is 5.91 Å². The molecule has 0 aromatic heterocycles. The largest absolute Gasteiger partial charge is 0.392 e. The summed E-state index contributed by atoms with van der Waals surface area (Å²) in [6.45, 7) is 5.86. The van der Waals surface area contributed by atoms with Crippen LogP contribution < -0.4 is 0 Å². The summed E-state index contributed by atoms with van der Waals surface area (Å²) < 4.78 is 0. The van der Waals surface area contributed by atoms with Crippen LogP contribution in [0.3, 0.4) is 0 Å². The van der Waals surface area contributed by atoms with E-state index >= 15 is 0 Å². The quantitative estimate of drug-likeness (QED) is 0.654. The summed E-state index contributed by atoms with van der Waals surface area (Å²) in [4.78, 5) is 45.5. The summed E-state index contributed by atoms with van der Waals surface area (Å²) in [6, 6.07) is 8.85. The predicted octanol–water partition coefficient (Wildman–Crippen LogP) is 3.27. The number of aliphatic hydroxyl groups is 2. The van der Waals surface area contributed by atoms with Gasteiger partial charge in [-0.2, -0.15) is 0 Å². The highest BCUT2D eigenvalue weighted by atomic mass is 16.7. The van der Waals surface area contributed by atoms with Crippen molar-refractivity contribution in [2.24, 2.45) is 34.0 Å². The Bertz CT molecular complexity index is 1240. The highest BCUT2D eigenvalue weighted by Crippen LogP contribution is 2.74. The monoisotopic (exact) mass is 505 g/mol. The smallest absolute Gasteiger partial charge is 0.277 e. The first-order valence-electron chi connectivity index (χ1n) is 13.4. The van der Waals surface area contributed by atoms with Crippen molar-refractivity contribution in [2.75, 3.05) is 13.2 Å². The molecule has 1 heterocycles. The molecule has 3 saturated carbocycles. The molecule has 2 N–H and O–H groups in total. The normalized spacial score (nSPS) is 44.0. The van der Waals surface area contributed by atoms with Gasteiger partial charge in [-0.1, -0.05) is 50.6 Å². The number of hydrogen-bond donors (Lipinski definition) is 2. The average Bonchev–Trinajstić information content (AvgIpc) is 3.38. The van der Waals surface area contributed by atoms with Gasteiger partial charge in [-0.05, 0) is 61.8 Å². The minimum atomic E-state index is -1.38. The van der Waals surface area contributed by atoms with Crippen molar-refractivity contribution in [3.8, 4) is 0 Å². The number of carbonyl (C=O) groups is 3. The number of allylic oxidation sites excluding steroid dienone is 4. The molecule has 0 bridgehead atoms. The molecule has 4 aliphatic carbocycles. The summed E-state index contributed by atoms with van der Waals surface area (Å²) in [6.07, 6.45) is 7.11. The maximum atomic E-state index is 13.6. The summed E-state index contributed by atoms with van der Waals surface area (Å²) in [7, 11) is 0. The molecule has 7 nitrogen and oxygen atoms in total. The second kappa shape index (κ2) is 7.95.